The van der Waals surface area contributed by atoms with E-state index in [1.807, 2.05) is 12.1 Å². The molecule has 0 unspecified atom stereocenters. The molecule has 21 heavy (non-hydrogen) atoms. The van der Waals surface area contributed by atoms with E-state index in [1.165, 1.54) is 16.3 Å². The largest absolute Gasteiger partial charge is 0.478 e. The van der Waals surface area contributed by atoms with E-state index in [2.05, 4.69) is 42.6 Å². The van der Waals surface area contributed by atoms with Crippen molar-refractivity contribution < 1.29 is 9.90 Å². The van der Waals surface area contributed by atoms with Crippen LogP contribution in [0.25, 0.3) is 10.8 Å². The zero-order chi connectivity index (χ0) is 14.8. The van der Waals surface area contributed by atoms with Crippen molar-refractivity contribution in [1.29, 1.82) is 0 Å². The molecule has 0 saturated heterocycles. The molecule has 0 heterocycles. The Morgan fingerprint density at radius 3 is 2.71 bits per heavy atom. The molecule has 3 rings (SSSR count). The van der Waals surface area contributed by atoms with Crippen LogP contribution < -0.4 is 5.32 Å². The molecule has 0 fully saturated rings. The maximum absolute atomic E-state index is 11.2. The first-order valence-corrected chi connectivity index (χ1v) is 7.36. The average molecular weight is 281 g/mol. The van der Waals surface area contributed by atoms with Crippen LogP contribution in [-0.2, 0) is 4.79 Å². The molecule has 3 nitrogen and oxygen atoms in total. The second-order valence-electron chi connectivity index (χ2n) is 5.55. The van der Waals surface area contributed by atoms with Gasteiger partial charge in [0.15, 0.2) is 0 Å². The Kier molecular flexibility index (Phi) is 3.65. The van der Waals surface area contributed by atoms with Crippen LogP contribution in [0.4, 0.5) is 0 Å². The number of nitrogens with one attached hydrogen (secondary N) is 1. The fourth-order valence-electron chi connectivity index (χ4n) is 3.11. The summed E-state index contributed by atoms with van der Waals surface area (Å²) < 4.78 is 0. The first-order valence-electron chi connectivity index (χ1n) is 7.36. The van der Waals surface area contributed by atoms with Gasteiger partial charge in [0.1, 0.15) is 0 Å². The average Bonchev–Trinajstić information content (AvgIpc) is 2.95. The molecule has 1 aliphatic carbocycles. The van der Waals surface area contributed by atoms with Crippen LogP contribution in [-0.4, -0.2) is 11.1 Å². The number of fused-ring (bicyclic) bond motifs is 1. The summed E-state index contributed by atoms with van der Waals surface area (Å²) in [5.74, 6) is -0.792. The molecule has 2 aromatic carbocycles. The highest BCUT2D eigenvalue weighted by Gasteiger charge is 2.22. The third-order valence-corrected chi connectivity index (χ3v) is 4.16. The van der Waals surface area contributed by atoms with Gasteiger partial charge in [-0.25, -0.2) is 4.79 Å². The van der Waals surface area contributed by atoms with Gasteiger partial charge in [0, 0.05) is 11.7 Å². The Balaban J connectivity index is 1.93. The Bertz CT molecular complexity index is 713. The number of hydrogen-bond acceptors (Lipinski definition) is 2. The van der Waals surface area contributed by atoms with Gasteiger partial charge in [-0.3, -0.25) is 0 Å². The van der Waals surface area contributed by atoms with Gasteiger partial charge in [0.05, 0.1) is 5.57 Å². The van der Waals surface area contributed by atoms with Crippen LogP contribution in [0, 0.1) is 0 Å². The van der Waals surface area contributed by atoms with E-state index in [-0.39, 0.29) is 6.04 Å². The molecule has 3 heteroatoms. The van der Waals surface area contributed by atoms with E-state index in [1.54, 1.807) is 0 Å². The van der Waals surface area contributed by atoms with Crippen LogP contribution >= 0.6 is 0 Å². The monoisotopic (exact) mass is 281 g/mol. The summed E-state index contributed by atoms with van der Waals surface area (Å²) in [5, 5.41) is 15.1. The Labute approximate surface area is 124 Å². The molecule has 2 aromatic rings. The predicted octanol–water partition coefficient (Wildman–Crippen LogP) is 4.01. The second-order valence-corrected chi connectivity index (χ2v) is 5.55. The van der Waals surface area contributed by atoms with Crippen molar-refractivity contribution >= 4 is 16.7 Å². The number of carboxylic acids is 1. The van der Waals surface area contributed by atoms with Crippen LogP contribution in [0.3, 0.4) is 0 Å². The van der Waals surface area contributed by atoms with E-state index in [9.17, 15) is 9.90 Å². The summed E-state index contributed by atoms with van der Waals surface area (Å²) in [4.78, 5) is 11.2. The summed E-state index contributed by atoms with van der Waals surface area (Å²) in [6.07, 6.45) is 2.42. The van der Waals surface area contributed by atoms with Gasteiger partial charge in [0.2, 0.25) is 0 Å². The maximum atomic E-state index is 11.2. The third-order valence-electron chi connectivity index (χ3n) is 4.16. The minimum absolute atomic E-state index is 0.0959. The molecule has 2 N–H and O–H groups in total. The highest BCUT2D eigenvalue weighted by atomic mass is 16.4. The summed E-state index contributed by atoms with van der Waals surface area (Å²) >= 11 is 0. The molecule has 108 valence electrons. The molecule has 0 aliphatic heterocycles. The van der Waals surface area contributed by atoms with E-state index in [4.69, 9.17) is 0 Å². The number of rotatable bonds is 4. The smallest absolute Gasteiger partial charge is 0.333 e. The van der Waals surface area contributed by atoms with Crippen molar-refractivity contribution in [2.24, 2.45) is 0 Å². The molecule has 0 saturated carbocycles. The highest BCUT2D eigenvalue weighted by Crippen LogP contribution is 2.29. The van der Waals surface area contributed by atoms with Crippen molar-refractivity contribution in [2.45, 2.75) is 32.2 Å². The molecule has 1 atom stereocenters. The van der Waals surface area contributed by atoms with E-state index in [0.717, 1.165) is 18.5 Å². The van der Waals surface area contributed by atoms with E-state index >= 15 is 0 Å². The van der Waals surface area contributed by atoms with Gasteiger partial charge in [-0.1, -0.05) is 42.5 Å². The summed E-state index contributed by atoms with van der Waals surface area (Å²) in [6, 6.07) is 14.6. The number of allylic oxidation sites excluding steroid dienone is 1. The fraction of sp³-hybridized carbons (Fsp3) is 0.278. The number of carbonyl (C=O) groups is 1. The number of hydrogen-bond donors (Lipinski definition) is 2. The molecule has 0 amide bonds. The quantitative estimate of drug-likeness (QED) is 0.890. The van der Waals surface area contributed by atoms with Gasteiger partial charge in [-0.15, -0.1) is 0 Å². The normalized spacial score (nSPS) is 16.2. The SMILES string of the molecule is C[C@H](NC1=C(C(=O)O)CCC1)c1cccc2ccccc12. The minimum Gasteiger partial charge on any atom is -0.478 e. The number of benzene rings is 2. The van der Waals surface area contributed by atoms with Crippen LogP contribution in [0.15, 0.2) is 53.7 Å². The van der Waals surface area contributed by atoms with Gasteiger partial charge in [-0.05, 0) is 42.5 Å². The van der Waals surface area contributed by atoms with Crippen molar-refractivity contribution in [3.63, 3.8) is 0 Å². The standard InChI is InChI=1S/C18H19NO2/c1-12(19-17-11-5-10-16(17)18(20)21)14-9-4-7-13-6-2-3-8-15(13)14/h2-4,6-9,12,19H,5,10-11H2,1H3,(H,20,21)/t12-/m0/s1. The molecular formula is C18H19NO2. The molecule has 0 aromatic heterocycles. The molecular weight excluding hydrogens is 262 g/mol. The zero-order valence-corrected chi connectivity index (χ0v) is 12.1. The second kappa shape index (κ2) is 5.60. The summed E-state index contributed by atoms with van der Waals surface area (Å²) in [6.45, 7) is 2.09. The van der Waals surface area contributed by atoms with Crippen LogP contribution in [0.1, 0.15) is 37.8 Å². The van der Waals surface area contributed by atoms with Crippen molar-refractivity contribution in [3.05, 3.63) is 59.3 Å². The third kappa shape index (κ3) is 2.64. The lowest BCUT2D eigenvalue weighted by Gasteiger charge is -2.19. The van der Waals surface area contributed by atoms with Crippen LogP contribution in [0.5, 0.6) is 0 Å². The van der Waals surface area contributed by atoms with Gasteiger partial charge in [0.25, 0.3) is 0 Å². The lowest BCUT2D eigenvalue weighted by Crippen LogP contribution is -2.19. The summed E-state index contributed by atoms with van der Waals surface area (Å²) in [7, 11) is 0. The summed E-state index contributed by atoms with van der Waals surface area (Å²) in [5.41, 5.74) is 2.64. The number of aliphatic carboxylic acids is 1. The van der Waals surface area contributed by atoms with E-state index < -0.39 is 5.97 Å². The van der Waals surface area contributed by atoms with Gasteiger partial charge >= 0.3 is 5.97 Å². The van der Waals surface area contributed by atoms with Crippen molar-refractivity contribution in [1.82, 2.24) is 5.32 Å². The van der Waals surface area contributed by atoms with Gasteiger partial charge in [-0.2, -0.15) is 0 Å². The molecule has 1 aliphatic rings. The Morgan fingerprint density at radius 1 is 1.14 bits per heavy atom. The maximum Gasteiger partial charge on any atom is 0.333 e. The first kappa shape index (κ1) is 13.7. The molecule has 0 spiro atoms. The fourth-order valence-corrected chi connectivity index (χ4v) is 3.11. The zero-order valence-electron chi connectivity index (χ0n) is 12.1. The number of carboxylic acid groups (broad SMARTS) is 1. The van der Waals surface area contributed by atoms with Crippen molar-refractivity contribution in [2.75, 3.05) is 0 Å². The topological polar surface area (TPSA) is 49.3 Å². The first-order chi connectivity index (χ1) is 10.2. The Morgan fingerprint density at radius 2 is 1.90 bits per heavy atom. The highest BCUT2D eigenvalue weighted by molar-refractivity contribution is 5.88. The Hall–Kier alpha value is -2.29. The van der Waals surface area contributed by atoms with Crippen LogP contribution in [0.2, 0.25) is 0 Å². The lowest BCUT2D eigenvalue weighted by atomic mass is 9.99. The van der Waals surface area contributed by atoms with Crippen molar-refractivity contribution in [3.8, 4) is 0 Å². The molecule has 0 radical (unpaired) electrons. The van der Waals surface area contributed by atoms with E-state index in [0.29, 0.717) is 12.0 Å². The molecule has 0 bridgehead atoms. The predicted molar refractivity (Wildman–Crippen MR) is 84.0 cm³/mol. The lowest BCUT2D eigenvalue weighted by molar-refractivity contribution is -0.132. The minimum atomic E-state index is -0.792. The van der Waals surface area contributed by atoms with Gasteiger partial charge < -0.3 is 10.4 Å².